The number of phosphoric acid groups is 1. The van der Waals surface area contributed by atoms with Gasteiger partial charge in [0.25, 0.3) is 0 Å². The molecule has 30 heavy (non-hydrogen) atoms. The first-order valence-corrected chi connectivity index (χ1v) is 13.9. The number of amides is 1. The Morgan fingerprint density at radius 2 is 1.50 bits per heavy atom. The standard InChI is InChI=1S/C23H44NO5P/c1-2-3-4-5-7-10-13-20-18-21(20)14-11-8-6-9-12-15-23(25)24-17-16-22(19-24)29-30(26,27)28/h20-22H,2-19H2,1H3,(H2,26,27,28)/t20-,21+,22+/m0/s1. The van der Waals surface area contributed by atoms with Gasteiger partial charge in [-0.1, -0.05) is 84.0 Å². The van der Waals surface area contributed by atoms with Crippen LogP contribution in [0.5, 0.6) is 0 Å². The highest BCUT2D eigenvalue weighted by molar-refractivity contribution is 7.46. The molecule has 6 nitrogen and oxygen atoms in total. The molecule has 1 aliphatic carbocycles. The van der Waals surface area contributed by atoms with Crippen molar-refractivity contribution < 1.29 is 23.7 Å². The highest BCUT2D eigenvalue weighted by atomic mass is 31.2. The number of hydrogen-bond acceptors (Lipinski definition) is 3. The molecule has 1 amide bonds. The first-order valence-electron chi connectivity index (χ1n) is 12.4. The van der Waals surface area contributed by atoms with Crippen LogP contribution in [0.3, 0.4) is 0 Å². The summed E-state index contributed by atoms with van der Waals surface area (Å²) in [6.45, 7) is 3.10. The minimum Gasteiger partial charge on any atom is -0.340 e. The van der Waals surface area contributed by atoms with Gasteiger partial charge in [-0.3, -0.25) is 9.32 Å². The van der Waals surface area contributed by atoms with Crippen molar-refractivity contribution >= 4 is 13.7 Å². The molecule has 0 unspecified atom stereocenters. The number of carbonyl (C=O) groups is 1. The van der Waals surface area contributed by atoms with E-state index in [4.69, 9.17) is 14.3 Å². The number of hydrogen-bond donors (Lipinski definition) is 2. The summed E-state index contributed by atoms with van der Waals surface area (Å²) < 4.78 is 15.6. The van der Waals surface area contributed by atoms with Crippen LogP contribution in [0.4, 0.5) is 0 Å². The summed E-state index contributed by atoms with van der Waals surface area (Å²) in [5, 5.41) is 0. The predicted molar refractivity (Wildman–Crippen MR) is 120 cm³/mol. The minimum absolute atomic E-state index is 0.0855. The van der Waals surface area contributed by atoms with E-state index in [9.17, 15) is 9.36 Å². The van der Waals surface area contributed by atoms with Gasteiger partial charge in [-0.05, 0) is 31.1 Å². The fourth-order valence-corrected chi connectivity index (χ4v) is 5.37. The quantitative estimate of drug-likeness (QED) is 0.218. The van der Waals surface area contributed by atoms with Crippen LogP contribution in [-0.2, 0) is 13.9 Å². The fraction of sp³-hybridized carbons (Fsp3) is 0.957. The van der Waals surface area contributed by atoms with Gasteiger partial charge >= 0.3 is 7.82 Å². The smallest absolute Gasteiger partial charge is 0.340 e. The first-order chi connectivity index (χ1) is 14.4. The molecule has 176 valence electrons. The van der Waals surface area contributed by atoms with Gasteiger partial charge in [-0.15, -0.1) is 0 Å². The Balaban J connectivity index is 1.37. The van der Waals surface area contributed by atoms with E-state index in [1.165, 1.54) is 77.0 Å². The molecule has 0 aromatic rings. The van der Waals surface area contributed by atoms with Gasteiger partial charge in [0.05, 0.1) is 6.10 Å². The Bertz CT molecular complexity index is 538. The number of rotatable bonds is 17. The Kier molecular flexibility index (Phi) is 12.0. The fourth-order valence-electron chi connectivity index (χ4n) is 4.81. The van der Waals surface area contributed by atoms with Crippen LogP contribution in [0.15, 0.2) is 0 Å². The van der Waals surface area contributed by atoms with Crippen molar-refractivity contribution in [2.75, 3.05) is 13.1 Å². The van der Waals surface area contributed by atoms with Crippen molar-refractivity contribution in [3.8, 4) is 0 Å². The van der Waals surface area contributed by atoms with Crippen molar-refractivity contribution in [2.24, 2.45) is 11.8 Å². The molecule has 0 spiro atoms. The van der Waals surface area contributed by atoms with E-state index in [0.29, 0.717) is 25.9 Å². The topological polar surface area (TPSA) is 87.1 Å². The second-order valence-corrected chi connectivity index (χ2v) is 10.7. The summed E-state index contributed by atoms with van der Waals surface area (Å²) in [5.74, 6) is 2.11. The Hall–Kier alpha value is -0.420. The molecule has 0 aromatic heterocycles. The molecule has 0 aromatic carbocycles. The number of phosphoric ester groups is 1. The molecule has 0 bridgehead atoms. The highest BCUT2D eigenvalue weighted by Crippen LogP contribution is 2.45. The average Bonchev–Trinajstić information content (AvgIpc) is 3.27. The highest BCUT2D eigenvalue weighted by Gasteiger charge is 2.35. The zero-order chi connectivity index (χ0) is 21.8. The molecule has 1 heterocycles. The number of likely N-dealkylation sites (tertiary alicyclic amines) is 1. The lowest BCUT2D eigenvalue weighted by Gasteiger charge is -2.16. The lowest BCUT2D eigenvalue weighted by atomic mass is 10.0. The van der Waals surface area contributed by atoms with Crippen LogP contribution in [0.25, 0.3) is 0 Å². The van der Waals surface area contributed by atoms with Crippen LogP contribution in [0.2, 0.25) is 0 Å². The van der Waals surface area contributed by atoms with E-state index in [-0.39, 0.29) is 5.91 Å². The molecule has 2 aliphatic rings. The molecule has 1 saturated heterocycles. The predicted octanol–water partition coefficient (Wildman–Crippen LogP) is 5.81. The molecular formula is C23H44NO5P. The molecule has 1 aliphatic heterocycles. The van der Waals surface area contributed by atoms with Crippen LogP contribution in [-0.4, -0.2) is 39.8 Å². The zero-order valence-electron chi connectivity index (χ0n) is 19.0. The summed E-state index contributed by atoms with van der Waals surface area (Å²) in [4.78, 5) is 31.6. The van der Waals surface area contributed by atoms with E-state index in [1.807, 2.05) is 0 Å². The van der Waals surface area contributed by atoms with Crippen LogP contribution in [0.1, 0.15) is 110 Å². The van der Waals surface area contributed by atoms with Crippen LogP contribution in [0, 0.1) is 11.8 Å². The van der Waals surface area contributed by atoms with E-state index in [1.54, 1.807) is 4.90 Å². The third kappa shape index (κ3) is 11.3. The summed E-state index contributed by atoms with van der Waals surface area (Å²) in [6.07, 6.45) is 19.0. The molecule has 3 atom stereocenters. The van der Waals surface area contributed by atoms with Crippen LogP contribution < -0.4 is 0 Å². The second kappa shape index (κ2) is 13.9. The van der Waals surface area contributed by atoms with Crippen molar-refractivity contribution in [3.63, 3.8) is 0 Å². The van der Waals surface area contributed by atoms with Gasteiger partial charge in [-0.2, -0.15) is 0 Å². The molecular weight excluding hydrogens is 401 g/mol. The largest absolute Gasteiger partial charge is 0.469 e. The Morgan fingerprint density at radius 1 is 0.933 bits per heavy atom. The summed E-state index contributed by atoms with van der Waals surface area (Å²) >= 11 is 0. The van der Waals surface area contributed by atoms with Gasteiger partial charge in [0, 0.05) is 19.5 Å². The lowest BCUT2D eigenvalue weighted by Crippen LogP contribution is -2.29. The average molecular weight is 446 g/mol. The maximum atomic E-state index is 12.2. The SMILES string of the molecule is CCCCCCCC[C@H]1C[C@H]1CCCCCCCC(=O)N1CC[C@@H](OP(=O)(O)O)C1. The zero-order valence-corrected chi connectivity index (χ0v) is 19.9. The maximum absolute atomic E-state index is 12.2. The van der Waals surface area contributed by atoms with Gasteiger partial charge < -0.3 is 14.7 Å². The number of nitrogens with zero attached hydrogens (tertiary/aromatic N) is 1. The van der Waals surface area contributed by atoms with Gasteiger partial charge in [-0.25, -0.2) is 4.57 Å². The van der Waals surface area contributed by atoms with E-state index < -0.39 is 13.9 Å². The first kappa shape index (κ1) is 25.8. The van der Waals surface area contributed by atoms with E-state index in [2.05, 4.69) is 6.92 Å². The molecule has 7 heteroatoms. The van der Waals surface area contributed by atoms with Crippen molar-refractivity contribution in [3.05, 3.63) is 0 Å². The monoisotopic (exact) mass is 445 g/mol. The van der Waals surface area contributed by atoms with Gasteiger partial charge in [0.2, 0.25) is 5.91 Å². The van der Waals surface area contributed by atoms with Crippen LogP contribution >= 0.6 is 7.82 Å². The molecule has 2 N–H and O–H groups in total. The Morgan fingerprint density at radius 3 is 2.10 bits per heavy atom. The third-order valence-electron chi connectivity index (χ3n) is 6.75. The minimum atomic E-state index is -4.46. The molecule has 2 rings (SSSR count). The van der Waals surface area contributed by atoms with Crippen molar-refractivity contribution in [1.82, 2.24) is 4.90 Å². The third-order valence-corrected chi connectivity index (χ3v) is 7.32. The van der Waals surface area contributed by atoms with E-state index >= 15 is 0 Å². The lowest BCUT2D eigenvalue weighted by molar-refractivity contribution is -0.130. The molecule has 2 fully saturated rings. The van der Waals surface area contributed by atoms with Crippen molar-refractivity contribution in [1.29, 1.82) is 0 Å². The second-order valence-electron chi connectivity index (χ2n) is 9.47. The number of unbranched alkanes of at least 4 members (excludes halogenated alkanes) is 9. The summed E-state index contributed by atoms with van der Waals surface area (Å²) in [7, 11) is -4.46. The normalized spacial score (nSPS) is 23.8. The number of carbonyl (C=O) groups excluding carboxylic acids is 1. The Labute approximate surface area is 183 Å². The summed E-state index contributed by atoms with van der Waals surface area (Å²) in [6, 6.07) is 0. The summed E-state index contributed by atoms with van der Waals surface area (Å²) in [5.41, 5.74) is 0. The molecule has 0 radical (unpaired) electrons. The van der Waals surface area contributed by atoms with Gasteiger partial charge in [0.1, 0.15) is 0 Å². The maximum Gasteiger partial charge on any atom is 0.469 e. The van der Waals surface area contributed by atoms with Crippen molar-refractivity contribution in [2.45, 2.75) is 116 Å². The molecule has 1 saturated carbocycles. The van der Waals surface area contributed by atoms with Gasteiger partial charge in [0.15, 0.2) is 0 Å². The van der Waals surface area contributed by atoms with E-state index in [0.717, 1.165) is 24.7 Å².